The van der Waals surface area contributed by atoms with Gasteiger partial charge in [-0.15, -0.1) is 0 Å². The average molecular weight is 399 g/mol. The summed E-state index contributed by atoms with van der Waals surface area (Å²) in [6.45, 7) is 4.28. The smallest absolute Gasteiger partial charge is 0.234 e. The van der Waals surface area contributed by atoms with Crippen molar-refractivity contribution in [2.24, 2.45) is 5.92 Å². The van der Waals surface area contributed by atoms with Crippen LogP contribution >= 0.6 is 0 Å². The molecule has 29 heavy (non-hydrogen) atoms. The van der Waals surface area contributed by atoms with Gasteiger partial charge in [0.1, 0.15) is 0 Å². The number of hydrogen-bond donors (Lipinski definition) is 1. The molecule has 1 aliphatic carbocycles. The Hall–Kier alpha value is -2.41. The van der Waals surface area contributed by atoms with Crippen LogP contribution in [-0.2, 0) is 20.8 Å². The summed E-state index contributed by atoms with van der Waals surface area (Å²) >= 11 is 0. The number of carbonyl (C=O) groups is 3. The van der Waals surface area contributed by atoms with Crippen LogP contribution in [0.5, 0.6) is 0 Å². The number of carbonyl (C=O) groups excluding carboxylic acids is 3. The Morgan fingerprint density at radius 2 is 1.76 bits per heavy atom. The highest BCUT2D eigenvalue weighted by Gasteiger charge is 2.37. The summed E-state index contributed by atoms with van der Waals surface area (Å²) < 4.78 is 0. The van der Waals surface area contributed by atoms with Crippen LogP contribution < -0.4 is 5.32 Å². The SMILES string of the molecule is O=C(CN1CCN(C(=O)C2CC(=O)N(CCc3ccccc3)C2)CC1)NC1CC1. The van der Waals surface area contributed by atoms with Crippen molar-refractivity contribution >= 4 is 17.7 Å². The molecule has 2 saturated heterocycles. The minimum Gasteiger partial charge on any atom is -0.352 e. The number of piperazine rings is 1. The van der Waals surface area contributed by atoms with Crippen molar-refractivity contribution in [3.8, 4) is 0 Å². The molecule has 1 aromatic carbocycles. The first-order valence-corrected chi connectivity index (χ1v) is 10.7. The standard InChI is InChI=1S/C22H30N4O3/c27-20(23-19-6-7-19)16-24-10-12-25(13-11-24)22(29)18-14-21(28)26(15-18)9-8-17-4-2-1-3-5-17/h1-5,18-19H,6-16H2,(H,23,27). The van der Waals surface area contributed by atoms with Crippen molar-refractivity contribution in [2.45, 2.75) is 31.7 Å². The Labute approximate surface area is 172 Å². The lowest BCUT2D eigenvalue weighted by molar-refractivity contribution is -0.137. The van der Waals surface area contributed by atoms with Crippen LogP contribution in [0.25, 0.3) is 0 Å². The number of hydrogen-bond acceptors (Lipinski definition) is 4. The lowest BCUT2D eigenvalue weighted by Crippen LogP contribution is -2.52. The third-order valence-electron chi connectivity index (χ3n) is 6.07. The lowest BCUT2D eigenvalue weighted by Gasteiger charge is -2.35. The fourth-order valence-electron chi connectivity index (χ4n) is 4.15. The molecule has 0 spiro atoms. The summed E-state index contributed by atoms with van der Waals surface area (Å²) in [4.78, 5) is 43.0. The van der Waals surface area contributed by atoms with Crippen molar-refractivity contribution < 1.29 is 14.4 Å². The molecule has 0 radical (unpaired) electrons. The zero-order valence-electron chi connectivity index (χ0n) is 16.9. The number of benzene rings is 1. The normalized spacial score (nSPS) is 22.8. The Kier molecular flexibility index (Phi) is 6.13. The zero-order valence-corrected chi connectivity index (χ0v) is 16.9. The third kappa shape index (κ3) is 5.35. The number of rotatable bonds is 7. The van der Waals surface area contributed by atoms with Gasteiger partial charge in [-0.2, -0.15) is 0 Å². The summed E-state index contributed by atoms with van der Waals surface area (Å²) in [5, 5.41) is 3.01. The minimum atomic E-state index is -0.233. The molecule has 2 heterocycles. The molecule has 2 aliphatic heterocycles. The summed E-state index contributed by atoms with van der Waals surface area (Å²) in [5.74, 6) is 0.0167. The van der Waals surface area contributed by atoms with Crippen molar-refractivity contribution in [3.63, 3.8) is 0 Å². The van der Waals surface area contributed by atoms with Gasteiger partial charge in [-0.25, -0.2) is 0 Å². The van der Waals surface area contributed by atoms with Gasteiger partial charge in [0, 0.05) is 51.7 Å². The average Bonchev–Trinajstić information content (AvgIpc) is 3.46. The largest absolute Gasteiger partial charge is 0.352 e. The van der Waals surface area contributed by atoms with Gasteiger partial charge in [0.15, 0.2) is 0 Å². The predicted octanol–water partition coefficient (Wildman–Crippen LogP) is 0.500. The van der Waals surface area contributed by atoms with E-state index in [1.807, 2.05) is 28.0 Å². The fraction of sp³-hybridized carbons (Fsp3) is 0.591. The van der Waals surface area contributed by atoms with E-state index >= 15 is 0 Å². The Morgan fingerprint density at radius 3 is 2.45 bits per heavy atom. The van der Waals surface area contributed by atoms with Crippen LogP contribution in [0, 0.1) is 5.92 Å². The van der Waals surface area contributed by atoms with E-state index in [0.29, 0.717) is 58.3 Å². The van der Waals surface area contributed by atoms with Gasteiger partial charge in [0.25, 0.3) is 0 Å². The third-order valence-corrected chi connectivity index (χ3v) is 6.07. The zero-order chi connectivity index (χ0) is 20.2. The highest BCUT2D eigenvalue weighted by atomic mass is 16.2. The molecule has 7 nitrogen and oxygen atoms in total. The first-order chi connectivity index (χ1) is 14.1. The van der Waals surface area contributed by atoms with E-state index in [2.05, 4.69) is 22.3 Å². The second-order valence-corrected chi connectivity index (χ2v) is 8.42. The molecule has 156 valence electrons. The molecular weight excluding hydrogens is 368 g/mol. The molecular formula is C22H30N4O3. The quantitative estimate of drug-likeness (QED) is 0.726. The highest BCUT2D eigenvalue weighted by molar-refractivity contribution is 5.89. The maximum absolute atomic E-state index is 12.9. The van der Waals surface area contributed by atoms with E-state index in [1.165, 1.54) is 5.56 Å². The second kappa shape index (κ2) is 8.95. The summed E-state index contributed by atoms with van der Waals surface area (Å²) in [6.07, 6.45) is 3.32. The van der Waals surface area contributed by atoms with Gasteiger partial charge < -0.3 is 15.1 Å². The fourth-order valence-corrected chi connectivity index (χ4v) is 4.15. The van der Waals surface area contributed by atoms with E-state index in [1.54, 1.807) is 0 Å². The van der Waals surface area contributed by atoms with Crippen molar-refractivity contribution in [1.82, 2.24) is 20.0 Å². The maximum Gasteiger partial charge on any atom is 0.234 e. The van der Waals surface area contributed by atoms with Crippen LogP contribution in [0.1, 0.15) is 24.8 Å². The lowest BCUT2D eigenvalue weighted by atomic mass is 10.1. The van der Waals surface area contributed by atoms with E-state index < -0.39 is 0 Å². The molecule has 7 heteroatoms. The highest BCUT2D eigenvalue weighted by Crippen LogP contribution is 2.22. The molecule has 1 atom stereocenters. The monoisotopic (exact) mass is 398 g/mol. The molecule has 1 N–H and O–H groups in total. The number of nitrogens with one attached hydrogen (secondary N) is 1. The first-order valence-electron chi connectivity index (χ1n) is 10.7. The Morgan fingerprint density at radius 1 is 1.03 bits per heavy atom. The van der Waals surface area contributed by atoms with Gasteiger partial charge in [0.05, 0.1) is 12.5 Å². The van der Waals surface area contributed by atoms with Gasteiger partial charge >= 0.3 is 0 Å². The van der Waals surface area contributed by atoms with E-state index in [-0.39, 0.29) is 23.6 Å². The topological polar surface area (TPSA) is 73.0 Å². The second-order valence-electron chi connectivity index (χ2n) is 8.42. The summed E-state index contributed by atoms with van der Waals surface area (Å²) in [6, 6.07) is 10.5. The number of nitrogens with zero attached hydrogens (tertiary/aromatic N) is 3. The van der Waals surface area contributed by atoms with Crippen LogP contribution in [-0.4, -0.2) is 84.3 Å². The summed E-state index contributed by atoms with van der Waals surface area (Å²) in [5.41, 5.74) is 1.21. The molecule has 4 rings (SSSR count). The first kappa shape index (κ1) is 19.9. The molecule has 3 fully saturated rings. The van der Waals surface area contributed by atoms with Crippen LogP contribution in [0.4, 0.5) is 0 Å². The van der Waals surface area contributed by atoms with Gasteiger partial charge in [-0.05, 0) is 24.8 Å². The molecule has 3 aliphatic rings. The minimum absolute atomic E-state index is 0.0784. The van der Waals surface area contributed by atoms with Crippen LogP contribution in [0.2, 0.25) is 0 Å². The van der Waals surface area contributed by atoms with Gasteiger partial charge in [-0.3, -0.25) is 19.3 Å². The van der Waals surface area contributed by atoms with E-state index in [9.17, 15) is 14.4 Å². The van der Waals surface area contributed by atoms with E-state index in [0.717, 1.165) is 19.3 Å². The van der Waals surface area contributed by atoms with Crippen LogP contribution in [0.15, 0.2) is 30.3 Å². The maximum atomic E-state index is 12.9. The molecule has 3 amide bonds. The van der Waals surface area contributed by atoms with Gasteiger partial charge in [0.2, 0.25) is 17.7 Å². The molecule has 1 aromatic rings. The van der Waals surface area contributed by atoms with Crippen molar-refractivity contribution in [2.75, 3.05) is 45.8 Å². The number of amides is 3. The molecule has 1 saturated carbocycles. The Balaban J connectivity index is 1.20. The Bertz CT molecular complexity index is 742. The summed E-state index contributed by atoms with van der Waals surface area (Å²) in [7, 11) is 0. The van der Waals surface area contributed by atoms with Crippen LogP contribution in [0.3, 0.4) is 0 Å². The van der Waals surface area contributed by atoms with Gasteiger partial charge in [-0.1, -0.05) is 30.3 Å². The molecule has 0 aromatic heterocycles. The van der Waals surface area contributed by atoms with Crippen molar-refractivity contribution in [1.29, 1.82) is 0 Å². The number of likely N-dealkylation sites (tertiary alicyclic amines) is 1. The molecule has 0 bridgehead atoms. The molecule has 1 unspecified atom stereocenters. The van der Waals surface area contributed by atoms with Crippen molar-refractivity contribution in [3.05, 3.63) is 35.9 Å². The predicted molar refractivity (Wildman–Crippen MR) is 109 cm³/mol. The van der Waals surface area contributed by atoms with E-state index in [4.69, 9.17) is 0 Å².